The number of benzene rings is 1. The van der Waals surface area contributed by atoms with Crippen LogP contribution in [0, 0.1) is 0 Å². The number of fused-ring (bicyclic) bond motifs is 1. The molecule has 1 atom stereocenters. The molecule has 110 valence electrons. The molecule has 0 aliphatic carbocycles. The van der Waals surface area contributed by atoms with Crippen LogP contribution in [0.15, 0.2) is 36.8 Å². The Morgan fingerprint density at radius 1 is 1.33 bits per heavy atom. The Balaban J connectivity index is 1.89. The first-order valence-electron chi connectivity index (χ1n) is 7.00. The Kier molecular flexibility index (Phi) is 3.94. The molecule has 0 aliphatic rings. The first-order valence-corrected chi connectivity index (χ1v) is 7.37. The second-order valence-electron chi connectivity index (χ2n) is 5.00. The maximum Gasteiger partial charge on any atom is 0.115 e. The molecule has 0 radical (unpaired) electrons. The largest absolute Gasteiger partial charge is 0.385 e. The van der Waals surface area contributed by atoms with Crippen LogP contribution in [0.4, 0.5) is 0 Å². The molecular formula is C15H17ClN4O. The summed E-state index contributed by atoms with van der Waals surface area (Å²) in [5.74, 6) is 0. The minimum absolute atomic E-state index is 0.398. The molecule has 0 saturated carbocycles. The molecule has 0 amide bonds. The number of aliphatic hydroxyl groups excluding tert-OH is 1. The van der Waals surface area contributed by atoms with Gasteiger partial charge >= 0.3 is 0 Å². The summed E-state index contributed by atoms with van der Waals surface area (Å²) in [6.07, 6.45) is 3.54. The quantitative estimate of drug-likeness (QED) is 0.788. The summed E-state index contributed by atoms with van der Waals surface area (Å²) in [5.41, 5.74) is 2.57. The van der Waals surface area contributed by atoms with Gasteiger partial charge in [0.1, 0.15) is 6.10 Å². The molecule has 1 unspecified atom stereocenters. The number of para-hydroxylation sites is 2. The molecule has 2 heterocycles. The minimum atomic E-state index is -0.718. The summed E-state index contributed by atoms with van der Waals surface area (Å²) in [6.45, 7) is 3.20. The van der Waals surface area contributed by atoms with Crippen LogP contribution in [0.1, 0.15) is 25.1 Å². The van der Waals surface area contributed by atoms with Crippen molar-refractivity contribution in [1.82, 2.24) is 19.3 Å². The van der Waals surface area contributed by atoms with E-state index in [4.69, 9.17) is 11.6 Å². The Hall–Kier alpha value is -1.85. The molecule has 6 heteroatoms. The van der Waals surface area contributed by atoms with E-state index < -0.39 is 6.10 Å². The van der Waals surface area contributed by atoms with Crippen LogP contribution >= 0.6 is 11.6 Å². The van der Waals surface area contributed by atoms with Gasteiger partial charge in [0.25, 0.3) is 0 Å². The van der Waals surface area contributed by atoms with Gasteiger partial charge in [-0.3, -0.25) is 4.68 Å². The van der Waals surface area contributed by atoms with Crippen molar-refractivity contribution in [2.45, 2.75) is 32.5 Å². The fraction of sp³-hybridized carbons (Fsp3) is 0.333. The van der Waals surface area contributed by atoms with Crippen molar-refractivity contribution in [3.63, 3.8) is 0 Å². The number of aryl methyl sites for hydroxylation is 1. The van der Waals surface area contributed by atoms with E-state index in [1.165, 1.54) is 0 Å². The molecule has 0 aliphatic heterocycles. The fourth-order valence-electron chi connectivity index (χ4n) is 2.52. The highest BCUT2D eigenvalue weighted by Gasteiger charge is 2.19. The molecule has 1 aromatic carbocycles. The molecule has 1 N–H and O–H groups in total. The van der Waals surface area contributed by atoms with Crippen molar-refractivity contribution in [2.75, 3.05) is 0 Å². The van der Waals surface area contributed by atoms with E-state index in [2.05, 4.69) is 17.0 Å². The van der Waals surface area contributed by atoms with Gasteiger partial charge in [-0.15, -0.1) is 0 Å². The van der Waals surface area contributed by atoms with E-state index in [-0.39, 0.29) is 0 Å². The third-order valence-electron chi connectivity index (χ3n) is 3.48. The lowest BCUT2D eigenvalue weighted by atomic mass is 10.2. The van der Waals surface area contributed by atoms with Crippen molar-refractivity contribution < 1.29 is 5.11 Å². The number of imidazole rings is 1. The summed E-state index contributed by atoms with van der Waals surface area (Å²) in [7, 11) is 0. The van der Waals surface area contributed by atoms with Gasteiger partial charge in [0.2, 0.25) is 0 Å². The van der Waals surface area contributed by atoms with Crippen molar-refractivity contribution in [3.05, 3.63) is 47.5 Å². The first kappa shape index (κ1) is 14.1. The first-order chi connectivity index (χ1) is 10.2. The van der Waals surface area contributed by atoms with E-state index in [0.717, 1.165) is 24.0 Å². The van der Waals surface area contributed by atoms with Crippen molar-refractivity contribution in [1.29, 1.82) is 0 Å². The highest BCUT2D eigenvalue weighted by molar-refractivity contribution is 6.31. The predicted octanol–water partition coefficient (Wildman–Crippen LogP) is 3.03. The Bertz CT molecular complexity index is 749. The lowest BCUT2D eigenvalue weighted by Crippen LogP contribution is -2.14. The number of rotatable bonds is 5. The Morgan fingerprint density at radius 3 is 2.95 bits per heavy atom. The van der Waals surface area contributed by atoms with Gasteiger partial charge in [-0.2, -0.15) is 5.10 Å². The summed E-state index contributed by atoms with van der Waals surface area (Å²) < 4.78 is 3.70. The third-order valence-corrected chi connectivity index (χ3v) is 3.77. The van der Waals surface area contributed by atoms with Gasteiger partial charge in [0.15, 0.2) is 0 Å². The molecule has 0 spiro atoms. The zero-order valence-electron chi connectivity index (χ0n) is 11.8. The van der Waals surface area contributed by atoms with E-state index in [0.29, 0.717) is 17.3 Å². The zero-order chi connectivity index (χ0) is 14.8. The van der Waals surface area contributed by atoms with Crippen molar-refractivity contribution in [3.8, 4) is 0 Å². The maximum absolute atomic E-state index is 10.5. The van der Waals surface area contributed by atoms with Crippen LogP contribution in [0.5, 0.6) is 0 Å². The van der Waals surface area contributed by atoms with Crippen LogP contribution in [0.25, 0.3) is 11.0 Å². The predicted molar refractivity (Wildman–Crippen MR) is 82.2 cm³/mol. The highest BCUT2D eigenvalue weighted by Crippen LogP contribution is 2.25. The lowest BCUT2D eigenvalue weighted by molar-refractivity contribution is 0.147. The SMILES string of the molecule is CCCn1ncc(Cl)c1C(O)Cn1cnc2ccccc21. The summed E-state index contributed by atoms with van der Waals surface area (Å²) in [4.78, 5) is 4.33. The van der Waals surface area contributed by atoms with Crippen LogP contribution in [0.2, 0.25) is 5.02 Å². The monoisotopic (exact) mass is 304 g/mol. The molecular weight excluding hydrogens is 288 g/mol. The number of aliphatic hydroxyl groups is 1. The average molecular weight is 305 g/mol. The van der Waals surface area contributed by atoms with Crippen LogP contribution in [0.3, 0.4) is 0 Å². The van der Waals surface area contributed by atoms with Gasteiger partial charge in [-0.25, -0.2) is 4.98 Å². The average Bonchev–Trinajstić information content (AvgIpc) is 3.04. The highest BCUT2D eigenvalue weighted by atomic mass is 35.5. The molecule has 21 heavy (non-hydrogen) atoms. The van der Waals surface area contributed by atoms with Crippen LogP contribution < -0.4 is 0 Å². The van der Waals surface area contributed by atoms with E-state index in [1.54, 1.807) is 17.2 Å². The van der Waals surface area contributed by atoms with E-state index >= 15 is 0 Å². The third kappa shape index (κ3) is 2.66. The van der Waals surface area contributed by atoms with Gasteiger partial charge in [0, 0.05) is 6.54 Å². The molecule has 0 fully saturated rings. The molecule has 3 rings (SSSR count). The summed E-state index contributed by atoms with van der Waals surface area (Å²) >= 11 is 6.17. The molecule has 2 aromatic heterocycles. The van der Waals surface area contributed by atoms with Crippen LogP contribution in [-0.4, -0.2) is 24.4 Å². The van der Waals surface area contributed by atoms with Gasteiger partial charge < -0.3 is 9.67 Å². The van der Waals surface area contributed by atoms with E-state index in [9.17, 15) is 5.11 Å². The molecule has 5 nitrogen and oxygen atoms in total. The van der Waals surface area contributed by atoms with Gasteiger partial charge in [0.05, 0.1) is 40.8 Å². The van der Waals surface area contributed by atoms with Gasteiger partial charge in [-0.05, 0) is 18.6 Å². The Labute approximate surface area is 127 Å². The summed E-state index contributed by atoms with van der Waals surface area (Å²) in [5, 5.41) is 15.3. The topological polar surface area (TPSA) is 55.9 Å². The fourth-order valence-corrected chi connectivity index (χ4v) is 2.79. The number of halogens is 1. The molecule has 0 saturated heterocycles. The van der Waals surface area contributed by atoms with E-state index in [1.807, 2.05) is 28.8 Å². The maximum atomic E-state index is 10.5. The minimum Gasteiger partial charge on any atom is -0.385 e. The lowest BCUT2D eigenvalue weighted by Gasteiger charge is -2.15. The molecule has 3 aromatic rings. The second kappa shape index (κ2) is 5.87. The van der Waals surface area contributed by atoms with Crippen molar-refractivity contribution in [2.24, 2.45) is 0 Å². The second-order valence-corrected chi connectivity index (χ2v) is 5.41. The number of hydrogen-bond acceptors (Lipinski definition) is 3. The zero-order valence-corrected chi connectivity index (χ0v) is 12.5. The van der Waals surface area contributed by atoms with Crippen molar-refractivity contribution >= 4 is 22.6 Å². The number of aromatic nitrogens is 4. The summed E-state index contributed by atoms with van der Waals surface area (Å²) in [6, 6.07) is 7.84. The Morgan fingerprint density at radius 2 is 2.14 bits per heavy atom. The number of nitrogens with zero attached hydrogens (tertiary/aromatic N) is 4. The molecule has 0 bridgehead atoms. The standard InChI is InChI=1S/C15H17ClN4O/c1-2-7-20-15(11(16)8-18-20)14(21)9-19-10-17-12-5-3-4-6-13(12)19/h3-6,8,10,14,21H,2,7,9H2,1H3. The van der Waals surface area contributed by atoms with Gasteiger partial charge in [-0.1, -0.05) is 30.7 Å². The van der Waals surface area contributed by atoms with Crippen LogP contribution in [-0.2, 0) is 13.1 Å². The smallest absolute Gasteiger partial charge is 0.115 e. The number of hydrogen-bond donors (Lipinski definition) is 1. The normalized spacial score (nSPS) is 12.9.